The smallest absolute Gasteiger partial charge is 0.160 e. The maximum atomic E-state index is 9.15. The van der Waals surface area contributed by atoms with Crippen molar-refractivity contribution in [3.8, 4) is 0 Å². The first-order chi connectivity index (χ1) is 5.92. The maximum Gasteiger partial charge on any atom is 0.160 e. The molecule has 0 spiro atoms. The first-order valence-corrected chi connectivity index (χ1v) is 4.68. The monoisotopic (exact) mass is 185 g/mol. The van der Waals surface area contributed by atoms with Gasteiger partial charge in [0.1, 0.15) is 0 Å². The highest BCUT2D eigenvalue weighted by Gasteiger charge is 2.36. The molecule has 13 heavy (non-hydrogen) atoms. The molecule has 76 valence electrons. The third-order valence-corrected chi connectivity index (χ3v) is 3.16. The van der Waals surface area contributed by atoms with Crippen molar-refractivity contribution in [3.05, 3.63) is 12.2 Å². The first kappa shape index (κ1) is 10.7. The molecule has 3 heteroatoms. The number of aliphatic hydroxyl groups is 2. The Morgan fingerprint density at radius 3 is 2.23 bits per heavy atom. The summed E-state index contributed by atoms with van der Waals surface area (Å²) in [4.78, 5) is 0. The van der Waals surface area contributed by atoms with Crippen molar-refractivity contribution >= 4 is 0 Å². The maximum absolute atomic E-state index is 9.15. The average molecular weight is 185 g/mol. The largest absolute Gasteiger partial charge is 0.367 e. The van der Waals surface area contributed by atoms with Crippen molar-refractivity contribution in [1.29, 1.82) is 0 Å². The Kier molecular flexibility index (Phi) is 2.80. The zero-order valence-corrected chi connectivity index (χ0v) is 8.33. The average Bonchev–Trinajstić information content (AvgIpc) is 2.11. The van der Waals surface area contributed by atoms with Crippen molar-refractivity contribution in [2.75, 3.05) is 6.54 Å². The highest BCUT2D eigenvalue weighted by atomic mass is 16.5. The summed E-state index contributed by atoms with van der Waals surface area (Å²) in [6.45, 7) is 4.55. The van der Waals surface area contributed by atoms with Crippen LogP contribution in [0.2, 0.25) is 0 Å². The molecule has 1 aliphatic rings. The van der Waals surface area contributed by atoms with E-state index in [1.807, 2.05) is 19.1 Å². The van der Waals surface area contributed by atoms with Crippen molar-refractivity contribution in [2.24, 2.45) is 16.6 Å². The lowest BCUT2D eigenvalue weighted by Crippen LogP contribution is -2.37. The molecule has 0 aromatic carbocycles. The summed E-state index contributed by atoms with van der Waals surface area (Å²) in [6.07, 6.45) is 4.30. The Balaban J connectivity index is 2.77. The van der Waals surface area contributed by atoms with Crippen LogP contribution in [0.5, 0.6) is 0 Å². The van der Waals surface area contributed by atoms with Gasteiger partial charge in [0.15, 0.2) is 6.29 Å². The highest BCUT2D eigenvalue weighted by Crippen LogP contribution is 2.40. The summed E-state index contributed by atoms with van der Waals surface area (Å²) in [5, 5.41) is 18.3. The molecule has 0 aromatic rings. The molecule has 2 atom stereocenters. The minimum atomic E-state index is -1.27. The van der Waals surface area contributed by atoms with Gasteiger partial charge in [0.25, 0.3) is 0 Å². The molecule has 0 amide bonds. The minimum absolute atomic E-state index is 0.0361. The van der Waals surface area contributed by atoms with E-state index in [1.54, 1.807) is 0 Å². The van der Waals surface area contributed by atoms with Crippen LogP contribution in [-0.4, -0.2) is 23.0 Å². The van der Waals surface area contributed by atoms with Gasteiger partial charge in [-0.15, -0.1) is 0 Å². The van der Waals surface area contributed by atoms with Gasteiger partial charge in [-0.3, -0.25) is 0 Å². The highest BCUT2D eigenvalue weighted by molar-refractivity contribution is 5.10. The second-order valence-electron chi connectivity index (χ2n) is 4.57. The zero-order valence-electron chi connectivity index (χ0n) is 8.33. The topological polar surface area (TPSA) is 66.5 Å². The number of aliphatic hydroxyl groups excluding tert-OH is 1. The fourth-order valence-electron chi connectivity index (χ4n) is 1.50. The molecule has 0 aliphatic heterocycles. The molecule has 0 saturated carbocycles. The van der Waals surface area contributed by atoms with Gasteiger partial charge in [-0.05, 0) is 18.3 Å². The van der Waals surface area contributed by atoms with Crippen LogP contribution in [0.1, 0.15) is 26.7 Å². The molecule has 2 unspecified atom stereocenters. The fourth-order valence-corrected chi connectivity index (χ4v) is 1.50. The Morgan fingerprint density at radius 2 is 1.92 bits per heavy atom. The summed E-state index contributed by atoms with van der Waals surface area (Å²) in [5.74, 6) is 0. The van der Waals surface area contributed by atoms with Crippen LogP contribution in [0.25, 0.3) is 0 Å². The van der Waals surface area contributed by atoms with Gasteiger partial charge in [0, 0.05) is 12.0 Å². The van der Waals surface area contributed by atoms with Gasteiger partial charge in [-0.1, -0.05) is 26.0 Å². The molecular formula is C10H19NO2. The molecule has 1 aliphatic carbocycles. The first-order valence-electron chi connectivity index (χ1n) is 4.68. The van der Waals surface area contributed by atoms with E-state index in [0.717, 1.165) is 12.8 Å². The van der Waals surface area contributed by atoms with E-state index in [1.165, 1.54) is 0 Å². The molecular weight excluding hydrogens is 166 g/mol. The van der Waals surface area contributed by atoms with Gasteiger partial charge < -0.3 is 15.9 Å². The normalized spacial score (nSPS) is 39.8. The van der Waals surface area contributed by atoms with Crippen LogP contribution < -0.4 is 5.73 Å². The van der Waals surface area contributed by atoms with Gasteiger partial charge in [0.05, 0.1) is 0 Å². The number of rotatable bonds is 2. The van der Waals surface area contributed by atoms with Crippen LogP contribution in [0.4, 0.5) is 0 Å². The number of hydrogen-bond donors (Lipinski definition) is 3. The molecule has 0 bridgehead atoms. The van der Waals surface area contributed by atoms with E-state index < -0.39 is 11.7 Å². The molecule has 0 heterocycles. The Labute approximate surface area is 79.3 Å². The van der Waals surface area contributed by atoms with E-state index in [-0.39, 0.29) is 5.41 Å². The molecule has 0 radical (unpaired) electrons. The van der Waals surface area contributed by atoms with Crippen LogP contribution in [0.3, 0.4) is 0 Å². The molecule has 3 nitrogen and oxygen atoms in total. The lowest BCUT2D eigenvalue weighted by Gasteiger charge is -2.38. The fraction of sp³-hybridized carbons (Fsp3) is 0.800. The van der Waals surface area contributed by atoms with Gasteiger partial charge in [-0.25, -0.2) is 0 Å². The van der Waals surface area contributed by atoms with Crippen LogP contribution in [0.15, 0.2) is 12.2 Å². The Bertz CT molecular complexity index is 215. The quantitative estimate of drug-likeness (QED) is 0.436. The second-order valence-corrected chi connectivity index (χ2v) is 4.57. The predicted molar refractivity (Wildman–Crippen MR) is 51.9 cm³/mol. The van der Waals surface area contributed by atoms with E-state index in [0.29, 0.717) is 6.54 Å². The summed E-state index contributed by atoms with van der Waals surface area (Å²) in [7, 11) is 0. The lowest BCUT2D eigenvalue weighted by atomic mass is 9.70. The van der Waals surface area contributed by atoms with E-state index in [9.17, 15) is 0 Å². The molecule has 0 aromatic heterocycles. The van der Waals surface area contributed by atoms with Crippen molar-refractivity contribution < 1.29 is 10.2 Å². The van der Waals surface area contributed by atoms with E-state index in [4.69, 9.17) is 15.9 Å². The predicted octanol–water partition coefficient (Wildman–Crippen LogP) is 0.618. The van der Waals surface area contributed by atoms with Crippen LogP contribution in [0, 0.1) is 10.8 Å². The van der Waals surface area contributed by atoms with E-state index >= 15 is 0 Å². The van der Waals surface area contributed by atoms with Crippen molar-refractivity contribution in [3.63, 3.8) is 0 Å². The standard InChI is InChI=1S/C10H19NO2/c1-9(7-11)3-5-10(2,6-4-9)8(12)13/h3,5,8,12-13H,4,6-7,11H2,1-2H3. The zero-order chi connectivity index (χ0) is 10.1. The van der Waals surface area contributed by atoms with E-state index in [2.05, 4.69) is 6.92 Å². The third kappa shape index (κ3) is 2.10. The molecule has 0 saturated heterocycles. The summed E-state index contributed by atoms with van der Waals surface area (Å²) < 4.78 is 0. The Hall–Kier alpha value is -0.380. The van der Waals surface area contributed by atoms with Crippen LogP contribution in [-0.2, 0) is 0 Å². The minimum Gasteiger partial charge on any atom is -0.367 e. The van der Waals surface area contributed by atoms with Gasteiger partial charge in [-0.2, -0.15) is 0 Å². The third-order valence-electron chi connectivity index (χ3n) is 3.16. The molecule has 1 rings (SSSR count). The lowest BCUT2D eigenvalue weighted by molar-refractivity contribution is -0.116. The SMILES string of the molecule is CC1(CN)C=CC(C)(C(O)O)CC1. The van der Waals surface area contributed by atoms with Gasteiger partial charge in [0.2, 0.25) is 0 Å². The second kappa shape index (κ2) is 3.40. The van der Waals surface area contributed by atoms with Crippen molar-refractivity contribution in [1.82, 2.24) is 0 Å². The van der Waals surface area contributed by atoms with Gasteiger partial charge >= 0.3 is 0 Å². The summed E-state index contributed by atoms with van der Waals surface area (Å²) in [6, 6.07) is 0. The van der Waals surface area contributed by atoms with Crippen molar-refractivity contribution in [2.45, 2.75) is 33.0 Å². The number of hydrogen-bond acceptors (Lipinski definition) is 3. The molecule has 4 N–H and O–H groups in total. The Morgan fingerprint density at radius 1 is 1.31 bits per heavy atom. The molecule has 0 fully saturated rings. The van der Waals surface area contributed by atoms with Crippen LogP contribution >= 0.6 is 0 Å². The summed E-state index contributed by atoms with van der Waals surface area (Å²) in [5.41, 5.74) is 5.17. The number of nitrogens with two attached hydrogens (primary N) is 1. The summed E-state index contributed by atoms with van der Waals surface area (Å²) >= 11 is 0.